The second kappa shape index (κ2) is 9.75. The zero-order chi connectivity index (χ0) is 21.6. The number of primary sulfonamides is 1. The summed E-state index contributed by atoms with van der Waals surface area (Å²) in [6.07, 6.45) is 0. The van der Waals surface area contributed by atoms with E-state index in [1.807, 2.05) is 60.5 Å². The highest BCUT2D eigenvalue weighted by molar-refractivity contribution is 7.89. The lowest BCUT2D eigenvalue weighted by atomic mass is 10.1. The first-order chi connectivity index (χ1) is 14.4. The van der Waals surface area contributed by atoms with Gasteiger partial charge in [0.25, 0.3) is 0 Å². The molecule has 0 saturated heterocycles. The number of nitrogens with zero attached hydrogens (tertiary/aromatic N) is 1. The zero-order valence-electron chi connectivity index (χ0n) is 17.1. The number of hydrogen-bond donors (Lipinski definition) is 1. The quantitative estimate of drug-likeness (QED) is 0.566. The summed E-state index contributed by atoms with van der Waals surface area (Å²) in [7, 11) is -0.228. The molecule has 0 aromatic heterocycles. The Bertz CT molecular complexity index is 1090. The summed E-state index contributed by atoms with van der Waals surface area (Å²) in [5.41, 5.74) is 2.76. The molecule has 0 spiro atoms. The van der Waals surface area contributed by atoms with Crippen molar-refractivity contribution in [1.82, 2.24) is 4.90 Å². The molecule has 0 bridgehead atoms. The van der Waals surface area contributed by atoms with Crippen LogP contribution in [0.5, 0.6) is 11.5 Å². The zero-order valence-corrected chi connectivity index (χ0v) is 17.9. The first-order valence-corrected chi connectivity index (χ1v) is 11.0. The standard InChI is InChI=1S/C23H26N2O4S/c1-25(16-20-10-6-7-11-23(20)30(24,26)27)15-19-12-13-21(28-2)22(14-19)29-17-18-8-4-3-5-9-18/h3-14H,15-17H2,1-2H3,(H2,24,26,27). The second-order valence-electron chi connectivity index (χ2n) is 7.08. The number of benzene rings is 3. The normalized spacial score (nSPS) is 11.5. The van der Waals surface area contributed by atoms with Gasteiger partial charge in [0.2, 0.25) is 10.0 Å². The van der Waals surface area contributed by atoms with Gasteiger partial charge in [-0.1, -0.05) is 54.6 Å². The lowest BCUT2D eigenvalue weighted by Crippen LogP contribution is -2.21. The van der Waals surface area contributed by atoms with E-state index in [4.69, 9.17) is 14.6 Å². The van der Waals surface area contributed by atoms with Gasteiger partial charge >= 0.3 is 0 Å². The third kappa shape index (κ3) is 5.82. The minimum atomic E-state index is -3.76. The Kier molecular flexibility index (Phi) is 7.10. The minimum Gasteiger partial charge on any atom is -0.493 e. The van der Waals surface area contributed by atoms with Gasteiger partial charge in [0.05, 0.1) is 12.0 Å². The van der Waals surface area contributed by atoms with E-state index in [1.165, 1.54) is 6.07 Å². The van der Waals surface area contributed by atoms with Gasteiger partial charge in [0.1, 0.15) is 6.61 Å². The molecule has 7 heteroatoms. The van der Waals surface area contributed by atoms with E-state index in [0.29, 0.717) is 36.8 Å². The average molecular weight is 427 g/mol. The molecule has 3 rings (SSSR count). The van der Waals surface area contributed by atoms with E-state index in [2.05, 4.69) is 0 Å². The lowest BCUT2D eigenvalue weighted by Gasteiger charge is -2.19. The van der Waals surface area contributed by atoms with Gasteiger partial charge in [-0.3, -0.25) is 4.90 Å². The summed E-state index contributed by atoms with van der Waals surface area (Å²) < 4.78 is 35.1. The highest BCUT2D eigenvalue weighted by atomic mass is 32.2. The van der Waals surface area contributed by atoms with E-state index in [-0.39, 0.29) is 4.90 Å². The third-order valence-corrected chi connectivity index (χ3v) is 5.65. The van der Waals surface area contributed by atoms with Crippen molar-refractivity contribution in [1.29, 1.82) is 0 Å². The fourth-order valence-corrected chi connectivity index (χ4v) is 4.00. The maximum absolute atomic E-state index is 11.8. The Hall–Kier alpha value is -2.87. The van der Waals surface area contributed by atoms with Crippen molar-refractivity contribution in [3.8, 4) is 11.5 Å². The molecule has 0 fully saturated rings. The minimum absolute atomic E-state index is 0.151. The molecular formula is C23H26N2O4S. The van der Waals surface area contributed by atoms with Crippen LogP contribution in [-0.4, -0.2) is 27.5 Å². The fraction of sp³-hybridized carbons (Fsp3) is 0.217. The predicted octanol–water partition coefficient (Wildman–Crippen LogP) is 3.55. The Labute approximate surface area is 177 Å². The number of ether oxygens (including phenoxy) is 2. The first kappa shape index (κ1) is 21.8. The van der Waals surface area contributed by atoms with Crippen LogP contribution >= 0.6 is 0 Å². The van der Waals surface area contributed by atoms with E-state index in [9.17, 15) is 8.42 Å². The number of nitrogens with two attached hydrogens (primary N) is 1. The number of sulfonamides is 1. The number of rotatable bonds is 9. The molecule has 0 aliphatic rings. The summed E-state index contributed by atoms with van der Waals surface area (Å²) in [6.45, 7) is 1.49. The van der Waals surface area contributed by atoms with Gasteiger partial charge in [-0.25, -0.2) is 13.6 Å². The molecule has 30 heavy (non-hydrogen) atoms. The molecule has 0 amide bonds. The van der Waals surface area contributed by atoms with Crippen molar-refractivity contribution in [3.05, 3.63) is 89.5 Å². The maximum atomic E-state index is 11.8. The second-order valence-corrected chi connectivity index (χ2v) is 8.61. The smallest absolute Gasteiger partial charge is 0.238 e. The van der Waals surface area contributed by atoms with E-state index in [1.54, 1.807) is 25.3 Å². The first-order valence-electron chi connectivity index (χ1n) is 9.49. The molecule has 6 nitrogen and oxygen atoms in total. The highest BCUT2D eigenvalue weighted by Crippen LogP contribution is 2.29. The van der Waals surface area contributed by atoms with Crippen molar-refractivity contribution in [2.45, 2.75) is 24.6 Å². The molecule has 0 saturated carbocycles. The Balaban J connectivity index is 1.72. The molecular weight excluding hydrogens is 400 g/mol. The largest absolute Gasteiger partial charge is 0.493 e. The van der Waals surface area contributed by atoms with Crippen LogP contribution in [0.25, 0.3) is 0 Å². The molecule has 158 valence electrons. The van der Waals surface area contributed by atoms with Crippen molar-refractivity contribution in [2.24, 2.45) is 5.14 Å². The van der Waals surface area contributed by atoms with Crippen LogP contribution in [0.2, 0.25) is 0 Å². The Morgan fingerprint density at radius 3 is 2.27 bits per heavy atom. The van der Waals surface area contributed by atoms with E-state index >= 15 is 0 Å². The Morgan fingerprint density at radius 2 is 1.57 bits per heavy atom. The number of hydrogen-bond acceptors (Lipinski definition) is 5. The molecule has 0 atom stereocenters. The van der Waals surface area contributed by atoms with Crippen LogP contribution in [-0.2, 0) is 29.7 Å². The van der Waals surface area contributed by atoms with E-state index in [0.717, 1.165) is 11.1 Å². The van der Waals surface area contributed by atoms with Crippen molar-refractivity contribution in [3.63, 3.8) is 0 Å². The number of methoxy groups -OCH3 is 1. The van der Waals surface area contributed by atoms with Gasteiger partial charge in [0, 0.05) is 13.1 Å². The monoisotopic (exact) mass is 426 g/mol. The summed E-state index contributed by atoms with van der Waals surface area (Å²) in [4.78, 5) is 2.17. The van der Waals surface area contributed by atoms with Crippen LogP contribution in [0, 0.1) is 0 Å². The lowest BCUT2D eigenvalue weighted by molar-refractivity contribution is 0.281. The average Bonchev–Trinajstić information content (AvgIpc) is 2.72. The predicted molar refractivity (Wildman–Crippen MR) is 117 cm³/mol. The SMILES string of the molecule is COc1ccc(CN(C)Cc2ccccc2S(N)(=O)=O)cc1OCc1ccccc1. The fourth-order valence-electron chi connectivity index (χ4n) is 3.24. The van der Waals surface area contributed by atoms with Crippen LogP contribution < -0.4 is 14.6 Å². The van der Waals surface area contributed by atoms with Crippen LogP contribution in [0.15, 0.2) is 77.7 Å². The van der Waals surface area contributed by atoms with Gasteiger partial charge in [-0.05, 0) is 41.9 Å². The Morgan fingerprint density at radius 1 is 0.867 bits per heavy atom. The maximum Gasteiger partial charge on any atom is 0.238 e. The summed E-state index contributed by atoms with van der Waals surface area (Å²) >= 11 is 0. The molecule has 0 heterocycles. The van der Waals surface area contributed by atoms with Crippen molar-refractivity contribution < 1.29 is 17.9 Å². The van der Waals surface area contributed by atoms with Gasteiger partial charge in [0.15, 0.2) is 11.5 Å². The molecule has 0 aliphatic heterocycles. The van der Waals surface area contributed by atoms with Gasteiger partial charge < -0.3 is 9.47 Å². The van der Waals surface area contributed by atoms with E-state index < -0.39 is 10.0 Å². The molecule has 2 N–H and O–H groups in total. The summed E-state index contributed by atoms with van der Waals surface area (Å²) in [6, 6.07) is 22.5. The van der Waals surface area contributed by atoms with Gasteiger partial charge in [-0.15, -0.1) is 0 Å². The third-order valence-electron chi connectivity index (χ3n) is 4.64. The molecule has 0 aliphatic carbocycles. The summed E-state index contributed by atoms with van der Waals surface area (Å²) in [5.74, 6) is 1.33. The highest BCUT2D eigenvalue weighted by Gasteiger charge is 2.15. The van der Waals surface area contributed by atoms with Crippen molar-refractivity contribution in [2.75, 3.05) is 14.2 Å². The summed E-state index contributed by atoms with van der Waals surface area (Å²) in [5, 5.41) is 5.34. The van der Waals surface area contributed by atoms with Crippen molar-refractivity contribution >= 4 is 10.0 Å². The molecule has 0 radical (unpaired) electrons. The molecule has 0 unspecified atom stereocenters. The molecule has 3 aromatic carbocycles. The topological polar surface area (TPSA) is 81.9 Å². The van der Waals surface area contributed by atoms with Crippen LogP contribution in [0.4, 0.5) is 0 Å². The molecule has 3 aromatic rings. The van der Waals surface area contributed by atoms with Gasteiger partial charge in [-0.2, -0.15) is 0 Å². The van der Waals surface area contributed by atoms with Crippen LogP contribution in [0.3, 0.4) is 0 Å². The van der Waals surface area contributed by atoms with Crippen LogP contribution in [0.1, 0.15) is 16.7 Å².